The van der Waals surface area contributed by atoms with Crippen molar-refractivity contribution in [1.29, 1.82) is 0 Å². The SMILES string of the molecule is O=Cc1cc(CCCCCCCCCc2cc(C=O)cc3c2[nH]c2ccccc23)c2[nH]c3ccccc3c2c1. The number of aldehydes is 2. The molecule has 0 aliphatic rings. The summed E-state index contributed by atoms with van der Waals surface area (Å²) in [5.74, 6) is 0. The van der Waals surface area contributed by atoms with Crippen LogP contribution in [0.2, 0.25) is 0 Å². The Balaban J connectivity index is 0.993. The number of nitrogens with one attached hydrogen (secondary N) is 2. The van der Waals surface area contributed by atoms with Crippen LogP contribution in [0.5, 0.6) is 0 Å². The molecule has 0 unspecified atom stereocenters. The quantitative estimate of drug-likeness (QED) is 0.126. The van der Waals surface area contributed by atoms with Crippen LogP contribution in [-0.4, -0.2) is 22.5 Å². The summed E-state index contributed by atoms with van der Waals surface area (Å²) < 4.78 is 0. The molecule has 0 amide bonds. The highest BCUT2D eigenvalue weighted by atomic mass is 16.1. The number of H-pyrrole nitrogens is 2. The molecule has 6 rings (SSSR count). The fourth-order valence-electron chi connectivity index (χ4n) is 6.14. The van der Waals surface area contributed by atoms with E-state index in [1.165, 1.54) is 65.0 Å². The second kappa shape index (κ2) is 11.3. The Labute approximate surface area is 228 Å². The summed E-state index contributed by atoms with van der Waals surface area (Å²) in [6, 6.07) is 24.7. The monoisotopic (exact) mass is 514 g/mol. The normalized spacial score (nSPS) is 11.7. The Bertz CT molecular complexity index is 1660. The van der Waals surface area contributed by atoms with Crippen molar-refractivity contribution in [2.45, 2.75) is 57.8 Å². The molecular weight excluding hydrogens is 480 g/mol. The molecule has 0 atom stereocenters. The third-order valence-electron chi connectivity index (χ3n) is 8.10. The molecule has 2 aromatic heterocycles. The predicted octanol–water partition coefficient (Wildman–Crippen LogP) is 9.10. The summed E-state index contributed by atoms with van der Waals surface area (Å²) in [4.78, 5) is 30.3. The summed E-state index contributed by atoms with van der Waals surface area (Å²) in [6.45, 7) is 0. The molecule has 0 aliphatic heterocycles. The molecule has 2 N–H and O–H groups in total. The minimum atomic E-state index is 0.755. The zero-order chi connectivity index (χ0) is 26.6. The predicted molar refractivity (Wildman–Crippen MR) is 162 cm³/mol. The van der Waals surface area contributed by atoms with Gasteiger partial charge >= 0.3 is 0 Å². The third kappa shape index (κ3) is 5.12. The number of fused-ring (bicyclic) bond motifs is 6. The topological polar surface area (TPSA) is 65.7 Å². The molecule has 0 fully saturated rings. The van der Waals surface area contributed by atoms with Crippen LogP contribution in [0.3, 0.4) is 0 Å². The van der Waals surface area contributed by atoms with Gasteiger partial charge < -0.3 is 9.97 Å². The molecule has 196 valence electrons. The maximum Gasteiger partial charge on any atom is 0.150 e. The maximum absolute atomic E-state index is 11.6. The lowest BCUT2D eigenvalue weighted by Gasteiger charge is -2.07. The van der Waals surface area contributed by atoms with E-state index in [0.29, 0.717) is 0 Å². The van der Waals surface area contributed by atoms with E-state index in [-0.39, 0.29) is 0 Å². The standard InChI is InChI=1S/C35H34N2O2/c38-22-24-18-26(34-30(20-24)28-14-8-10-16-32(28)36-34)12-6-4-2-1-3-5-7-13-27-19-25(23-39)21-31-29-15-9-11-17-33(29)37-35(27)31/h8-11,14-23,36-37H,1-7,12-13H2. The van der Waals surface area contributed by atoms with Crippen LogP contribution in [0.4, 0.5) is 0 Å². The summed E-state index contributed by atoms with van der Waals surface area (Å²) in [5.41, 5.74) is 8.59. The second-order valence-corrected chi connectivity index (χ2v) is 10.8. The first-order valence-electron chi connectivity index (χ1n) is 14.2. The first-order chi connectivity index (χ1) is 19.2. The van der Waals surface area contributed by atoms with Gasteiger partial charge in [-0.15, -0.1) is 0 Å². The first kappa shape index (κ1) is 25.1. The van der Waals surface area contributed by atoms with Gasteiger partial charge in [0, 0.05) is 54.7 Å². The van der Waals surface area contributed by atoms with E-state index in [1.54, 1.807) is 0 Å². The van der Waals surface area contributed by atoms with E-state index < -0.39 is 0 Å². The largest absolute Gasteiger partial charge is 0.354 e. The van der Waals surface area contributed by atoms with Gasteiger partial charge in [0.15, 0.2) is 0 Å². The Morgan fingerprint density at radius 1 is 0.487 bits per heavy atom. The van der Waals surface area contributed by atoms with Gasteiger partial charge in [0.25, 0.3) is 0 Å². The molecule has 0 bridgehead atoms. The van der Waals surface area contributed by atoms with Crippen LogP contribution in [-0.2, 0) is 12.8 Å². The number of aryl methyl sites for hydroxylation is 2. The second-order valence-electron chi connectivity index (χ2n) is 10.8. The number of aromatic amines is 2. The average Bonchev–Trinajstić information content (AvgIpc) is 3.54. The van der Waals surface area contributed by atoms with Gasteiger partial charge in [-0.1, -0.05) is 68.5 Å². The summed E-state index contributed by atoms with van der Waals surface area (Å²) >= 11 is 0. The molecule has 4 nitrogen and oxygen atoms in total. The van der Waals surface area contributed by atoms with Crippen molar-refractivity contribution < 1.29 is 9.59 Å². The van der Waals surface area contributed by atoms with Crippen LogP contribution in [0.15, 0.2) is 72.8 Å². The fraction of sp³-hybridized carbons (Fsp3) is 0.257. The number of rotatable bonds is 12. The number of benzene rings is 4. The van der Waals surface area contributed by atoms with Gasteiger partial charge in [0.2, 0.25) is 0 Å². The molecule has 39 heavy (non-hydrogen) atoms. The molecule has 0 saturated carbocycles. The number of unbranched alkanes of at least 4 members (excludes halogenated alkanes) is 6. The molecule has 0 radical (unpaired) electrons. The Hall–Kier alpha value is -4.18. The third-order valence-corrected chi connectivity index (χ3v) is 8.10. The maximum atomic E-state index is 11.6. The van der Waals surface area contributed by atoms with E-state index >= 15 is 0 Å². The Morgan fingerprint density at radius 2 is 0.897 bits per heavy atom. The lowest BCUT2D eigenvalue weighted by Crippen LogP contribution is -1.92. The van der Waals surface area contributed by atoms with Crippen LogP contribution < -0.4 is 0 Å². The number of carbonyl (C=O) groups is 2. The zero-order valence-electron chi connectivity index (χ0n) is 22.3. The first-order valence-corrected chi connectivity index (χ1v) is 14.2. The van der Waals surface area contributed by atoms with Crippen molar-refractivity contribution in [1.82, 2.24) is 9.97 Å². The lowest BCUT2D eigenvalue weighted by molar-refractivity contribution is 0.111. The van der Waals surface area contributed by atoms with Crippen molar-refractivity contribution >= 4 is 56.2 Å². The van der Waals surface area contributed by atoms with Gasteiger partial charge in [-0.2, -0.15) is 0 Å². The summed E-state index contributed by atoms with van der Waals surface area (Å²) in [7, 11) is 0. The number of para-hydroxylation sites is 2. The molecule has 4 heteroatoms. The highest BCUT2D eigenvalue weighted by molar-refractivity contribution is 6.10. The average molecular weight is 515 g/mol. The Kier molecular flexibility index (Phi) is 7.27. The zero-order valence-corrected chi connectivity index (χ0v) is 22.3. The number of carbonyl (C=O) groups excluding carboxylic acids is 2. The van der Waals surface area contributed by atoms with E-state index in [2.05, 4.69) is 46.4 Å². The van der Waals surface area contributed by atoms with Crippen molar-refractivity contribution in [3.05, 3.63) is 95.1 Å². The van der Waals surface area contributed by atoms with E-state index in [4.69, 9.17) is 0 Å². The molecule has 2 heterocycles. The Morgan fingerprint density at radius 3 is 1.33 bits per heavy atom. The highest BCUT2D eigenvalue weighted by Crippen LogP contribution is 2.31. The molecular formula is C35H34N2O2. The van der Waals surface area contributed by atoms with Gasteiger partial charge in [0.05, 0.1) is 0 Å². The molecule has 0 aliphatic carbocycles. The van der Waals surface area contributed by atoms with Crippen LogP contribution >= 0.6 is 0 Å². The fourth-order valence-corrected chi connectivity index (χ4v) is 6.14. The summed E-state index contributed by atoms with van der Waals surface area (Å²) in [6.07, 6.45) is 12.3. The smallest absolute Gasteiger partial charge is 0.150 e. The molecule has 0 spiro atoms. The van der Waals surface area contributed by atoms with Gasteiger partial charge in [-0.05, 0) is 73.2 Å². The molecule has 6 aromatic rings. The van der Waals surface area contributed by atoms with E-state index in [9.17, 15) is 9.59 Å². The minimum absolute atomic E-state index is 0.755. The minimum Gasteiger partial charge on any atom is -0.354 e. The van der Waals surface area contributed by atoms with Crippen LogP contribution in [0, 0.1) is 0 Å². The van der Waals surface area contributed by atoms with Crippen molar-refractivity contribution in [2.75, 3.05) is 0 Å². The van der Waals surface area contributed by atoms with Gasteiger partial charge in [-0.25, -0.2) is 0 Å². The van der Waals surface area contributed by atoms with Crippen molar-refractivity contribution in [3.8, 4) is 0 Å². The number of aromatic nitrogens is 2. The number of hydrogen-bond acceptors (Lipinski definition) is 2. The summed E-state index contributed by atoms with van der Waals surface area (Å²) in [5, 5.41) is 4.66. The van der Waals surface area contributed by atoms with Crippen LogP contribution in [0.1, 0.15) is 76.8 Å². The molecule has 0 saturated heterocycles. The van der Waals surface area contributed by atoms with Gasteiger partial charge in [-0.3, -0.25) is 9.59 Å². The number of hydrogen-bond donors (Lipinski definition) is 2. The van der Waals surface area contributed by atoms with E-state index in [0.717, 1.165) is 71.2 Å². The van der Waals surface area contributed by atoms with Crippen molar-refractivity contribution in [2.24, 2.45) is 0 Å². The van der Waals surface area contributed by atoms with E-state index in [1.807, 2.05) is 36.4 Å². The lowest BCUT2D eigenvalue weighted by atomic mass is 9.98. The van der Waals surface area contributed by atoms with Crippen molar-refractivity contribution in [3.63, 3.8) is 0 Å². The molecule has 4 aromatic carbocycles. The highest BCUT2D eigenvalue weighted by Gasteiger charge is 2.11. The van der Waals surface area contributed by atoms with Crippen LogP contribution in [0.25, 0.3) is 43.6 Å². The van der Waals surface area contributed by atoms with Gasteiger partial charge in [0.1, 0.15) is 12.6 Å².